The smallest absolute Gasteiger partial charge is 0.305 e. The molecule has 0 aliphatic carbocycles. The first-order chi connectivity index (χ1) is 20.3. The Morgan fingerprint density at radius 3 is 2.33 bits per heavy atom. The zero-order chi connectivity index (χ0) is 32.3. The highest BCUT2D eigenvalue weighted by atomic mass is 32.1. The van der Waals surface area contributed by atoms with Gasteiger partial charge < -0.3 is 41.2 Å². The lowest BCUT2D eigenvalue weighted by Crippen LogP contribution is -2.58. The van der Waals surface area contributed by atoms with Gasteiger partial charge in [0.05, 0.1) is 12.5 Å². The molecule has 16 heteroatoms. The van der Waals surface area contributed by atoms with Crippen LogP contribution in [0, 0.1) is 5.92 Å². The van der Waals surface area contributed by atoms with Crippen LogP contribution in [0.15, 0.2) is 16.8 Å². The van der Waals surface area contributed by atoms with E-state index in [1.54, 1.807) is 30.7 Å². The minimum Gasteiger partial charge on any atom is -0.481 e. The van der Waals surface area contributed by atoms with Gasteiger partial charge >= 0.3 is 11.9 Å². The van der Waals surface area contributed by atoms with Crippen LogP contribution in [0.25, 0.3) is 0 Å². The molecule has 0 aromatic carbocycles. The van der Waals surface area contributed by atoms with E-state index >= 15 is 0 Å². The molecular weight excluding hydrogens is 586 g/mol. The Labute approximate surface area is 251 Å². The molecule has 1 aromatic heterocycles. The van der Waals surface area contributed by atoms with E-state index in [0.717, 1.165) is 4.90 Å². The number of hydrogen-bond acceptors (Lipinski definition) is 9. The lowest BCUT2D eigenvalue weighted by atomic mass is 9.97. The molecule has 0 unspecified atom stereocenters. The fraction of sp³-hybridized carbons (Fsp3) is 0.556. The molecule has 15 nitrogen and oxygen atoms in total. The van der Waals surface area contributed by atoms with Gasteiger partial charge in [-0.15, -0.1) is 0 Å². The van der Waals surface area contributed by atoms with Gasteiger partial charge in [-0.05, 0) is 30.2 Å². The van der Waals surface area contributed by atoms with Crippen LogP contribution in [0.1, 0.15) is 63.2 Å². The summed E-state index contributed by atoms with van der Waals surface area (Å²) in [5.74, 6) is -6.28. The third-order valence-corrected chi connectivity index (χ3v) is 7.69. The third kappa shape index (κ3) is 10.5. The second kappa shape index (κ2) is 16.3. The van der Waals surface area contributed by atoms with E-state index in [4.69, 9.17) is 5.11 Å². The van der Waals surface area contributed by atoms with E-state index in [1.807, 2.05) is 0 Å². The Hall–Kier alpha value is -4.34. The fourth-order valence-electron chi connectivity index (χ4n) is 4.60. The molecule has 6 N–H and O–H groups in total. The first-order valence-corrected chi connectivity index (χ1v) is 14.6. The van der Waals surface area contributed by atoms with Crippen molar-refractivity contribution in [2.75, 3.05) is 6.54 Å². The molecule has 1 saturated heterocycles. The molecule has 236 valence electrons. The van der Waals surface area contributed by atoms with Gasteiger partial charge in [-0.25, -0.2) is 0 Å². The van der Waals surface area contributed by atoms with Gasteiger partial charge in [-0.3, -0.25) is 33.6 Å². The number of nitrogens with one attached hydrogen (secondary N) is 4. The van der Waals surface area contributed by atoms with Crippen LogP contribution in [0.5, 0.6) is 0 Å². The zero-order valence-corrected chi connectivity index (χ0v) is 24.8. The molecule has 0 saturated carbocycles. The Morgan fingerprint density at radius 2 is 1.79 bits per heavy atom. The molecule has 1 aliphatic rings. The maximum Gasteiger partial charge on any atom is 0.305 e. The molecule has 43 heavy (non-hydrogen) atoms. The van der Waals surface area contributed by atoms with Gasteiger partial charge in [0.1, 0.15) is 24.4 Å². The van der Waals surface area contributed by atoms with Crippen molar-refractivity contribution in [1.29, 1.82) is 0 Å². The average molecular weight is 624 g/mol. The van der Waals surface area contributed by atoms with Gasteiger partial charge in [-0.1, -0.05) is 20.3 Å². The number of aliphatic carboxylic acids is 2. The van der Waals surface area contributed by atoms with Crippen molar-refractivity contribution in [3.8, 4) is 0 Å². The van der Waals surface area contributed by atoms with Gasteiger partial charge in [0.15, 0.2) is 0 Å². The number of aldehydes is 1. The van der Waals surface area contributed by atoms with Gasteiger partial charge in [-0.2, -0.15) is 11.3 Å². The summed E-state index contributed by atoms with van der Waals surface area (Å²) in [6.07, 6.45) is -0.922. The summed E-state index contributed by atoms with van der Waals surface area (Å²) < 4.78 is 0. The van der Waals surface area contributed by atoms with Crippen molar-refractivity contribution in [2.45, 2.75) is 83.1 Å². The molecule has 6 atom stereocenters. The topological polar surface area (TPSA) is 228 Å². The predicted molar refractivity (Wildman–Crippen MR) is 152 cm³/mol. The van der Waals surface area contributed by atoms with Crippen LogP contribution >= 0.6 is 11.3 Å². The number of thiophene rings is 1. The SMILES string of the molecule is CC[C@H](C)[C@H](NC(C)=O)C(=O)N[C@@H](CCC(=O)O)C(=O)N1C[C@H](NC(=O)c2ccsc2)C[C@H]1C(=O)N[C@H](C=O)CC(=O)O. The van der Waals surface area contributed by atoms with Crippen LogP contribution in [0.4, 0.5) is 0 Å². The molecule has 5 amide bonds. The number of nitrogens with zero attached hydrogens (tertiary/aromatic N) is 1. The first kappa shape index (κ1) is 34.9. The summed E-state index contributed by atoms with van der Waals surface area (Å²) in [5, 5.41) is 31.7. The lowest BCUT2D eigenvalue weighted by molar-refractivity contribution is -0.144. The van der Waals surface area contributed by atoms with Crippen molar-refractivity contribution in [3.63, 3.8) is 0 Å². The molecule has 0 bridgehead atoms. The van der Waals surface area contributed by atoms with E-state index in [1.165, 1.54) is 18.3 Å². The number of rotatable bonds is 16. The molecule has 0 radical (unpaired) electrons. The summed E-state index contributed by atoms with van der Waals surface area (Å²) in [6, 6.07) is -4.29. The van der Waals surface area contributed by atoms with Crippen molar-refractivity contribution in [1.82, 2.24) is 26.2 Å². The van der Waals surface area contributed by atoms with Crippen LogP contribution in [0.2, 0.25) is 0 Å². The van der Waals surface area contributed by atoms with Crippen molar-refractivity contribution < 1.29 is 48.6 Å². The third-order valence-electron chi connectivity index (χ3n) is 7.01. The number of carbonyl (C=O) groups is 8. The molecule has 1 fully saturated rings. The van der Waals surface area contributed by atoms with Gasteiger partial charge in [0, 0.05) is 36.9 Å². The largest absolute Gasteiger partial charge is 0.481 e. The lowest BCUT2D eigenvalue weighted by Gasteiger charge is -2.31. The minimum atomic E-state index is -1.42. The molecule has 1 aromatic rings. The molecule has 2 heterocycles. The van der Waals surface area contributed by atoms with Crippen LogP contribution in [-0.2, 0) is 33.6 Å². The second-order valence-corrected chi connectivity index (χ2v) is 11.1. The van der Waals surface area contributed by atoms with E-state index < -0.39 is 84.5 Å². The molecule has 2 rings (SSSR count). The normalized spacial score (nSPS) is 18.8. The maximum absolute atomic E-state index is 13.9. The standard InChI is InChI=1S/C27H37N5O10S/c1-4-14(2)23(28-15(3)34)26(41)31-19(5-6-21(35)36)27(42)32-11-17(29-24(39)16-7-8-43-13-16)9-20(32)25(40)30-18(12-33)10-22(37)38/h7-8,12-14,17-20,23H,4-6,9-11H2,1-3H3,(H,28,34)(H,29,39)(H,30,40)(H,31,41)(H,35,36)(H,37,38)/t14-,17+,18-,19-,20-,23-/m0/s1. The molecule has 0 spiro atoms. The highest BCUT2D eigenvalue weighted by Gasteiger charge is 2.43. The van der Waals surface area contributed by atoms with Crippen molar-refractivity contribution >= 4 is 59.1 Å². The monoisotopic (exact) mass is 623 g/mol. The van der Waals surface area contributed by atoms with E-state index in [2.05, 4.69) is 21.3 Å². The highest BCUT2D eigenvalue weighted by Crippen LogP contribution is 2.22. The fourth-order valence-corrected chi connectivity index (χ4v) is 5.24. The number of likely N-dealkylation sites (tertiary alicyclic amines) is 1. The Morgan fingerprint density at radius 1 is 1.09 bits per heavy atom. The summed E-state index contributed by atoms with van der Waals surface area (Å²) >= 11 is 1.29. The molecular formula is C27H37N5O10S. The predicted octanol–water partition coefficient (Wildman–Crippen LogP) is -0.494. The van der Waals surface area contributed by atoms with E-state index in [0.29, 0.717) is 12.0 Å². The summed E-state index contributed by atoms with van der Waals surface area (Å²) in [4.78, 5) is 99.7. The maximum atomic E-state index is 13.9. The quantitative estimate of drug-likeness (QED) is 0.129. The van der Waals surface area contributed by atoms with E-state index in [9.17, 15) is 43.5 Å². The van der Waals surface area contributed by atoms with Gasteiger partial charge in [0.25, 0.3) is 5.91 Å². The Kier molecular flexibility index (Phi) is 13.2. The summed E-state index contributed by atoms with van der Waals surface area (Å²) in [6.45, 7) is 4.55. The zero-order valence-electron chi connectivity index (χ0n) is 24.0. The number of hydrogen-bond donors (Lipinski definition) is 6. The van der Waals surface area contributed by atoms with Crippen LogP contribution in [-0.4, -0.2) is 99.6 Å². The average Bonchev–Trinajstić information content (AvgIpc) is 3.63. The van der Waals surface area contributed by atoms with E-state index in [-0.39, 0.29) is 31.6 Å². The van der Waals surface area contributed by atoms with Crippen LogP contribution in [0.3, 0.4) is 0 Å². The number of carboxylic acids is 2. The van der Waals surface area contributed by atoms with Crippen molar-refractivity contribution in [2.24, 2.45) is 5.92 Å². The Balaban J connectivity index is 2.37. The summed E-state index contributed by atoms with van der Waals surface area (Å²) in [5.41, 5.74) is 0.360. The first-order valence-electron chi connectivity index (χ1n) is 13.7. The van der Waals surface area contributed by atoms with Crippen molar-refractivity contribution in [3.05, 3.63) is 22.4 Å². The minimum absolute atomic E-state index is 0.104. The number of amides is 5. The highest BCUT2D eigenvalue weighted by molar-refractivity contribution is 7.08. The number of carboxylic acid groups (broad SMARTS) is 2. The summed E-state index contributed by atoms with van der Waals surface area (Å²) in [7, 11) is 0. The van der Waals surface area contributed by atoms with Crippen LogP contribution < -0.4 is 21.3 Å². The Bertz CT molecular complexity index is 1210. The van der Waals surface area contributed by atoms with Gasteiger partial charge in [0.2, 0.25) is 23.6 Å². The molecule has 1 aliphatic heterocycles. The second-order valence-electron chi connectivity index (χ2n) is 10.3. The number of carbonyl (C=O) groups excluding carboxylic acids is 6.